The van der Waals surface area contributed by atoms with E-state index in [9.17, 15) is 4.39 Å². The van der Waals surface area contributed by atoms with Crippen LogP contribution in [0.15, 0.2) is 24.3 Å². The molecular weight excluding hydrogens is 239 g/mol. The zero-order valence-electron chi connectivity index (χ0n) is 11.8. The second-order valence-electron chi connectivity index (χ2n) is 5.75. The highest BCUT2D eigenvalue weighted by Gasteiger charge is 2.20. The lowest BCUT2D eigenvalue weighted by atomic mass is 9.89. The molecule has 1 aromatic carbocycles. The van der Waals surface area contributed by atoms with Crippen molar-refractivity contribution in [3.63, 3.8) is 0 Å². The van der Waals surface area contributed by atoms with Crippen LogP contribution >= 0.6 is 0 Å². The SMILES string of the molecule is CCC(N)CC1CCN(Cc2ccc(F)cc2)CC1. The van der Waals surface area contributed by atoms with Crippen LogP contribution in [0.3, 0.4) is 0 Å². The van der Waals surface area contributed by atoms with Crippen molar-refractivity contribution >= 4 is 0 Å². The first-order valence-electron chi connectivity index (χ1n) is 7.39. The lowest BCUT2D eigenvalue weighted by Crippen LogP contribution is -2.35. The second-order valence-corrected chi connectivity index (χ2v) is 5.75. The number of nitrogens with two attached hydrogens (primary N) is 1. The summed E-state index contributed by atoms with van der Waals surface area (Å²) in [5.41, 5.74) is 7.23. The highest BCUT2D eigenvalue weighted by atomic mass is 19.1. The number of rotatable bonds is 5. The number of likely N-dealkylation sites (tertiary alicyclic amines) is 1. The molecule has 1 heterocycles. The standard InChI is InChI=1S/C16H25FN2/c1-2-16(18)11-13-7-9-19(10-8-13)12-14-3-5-15(17)6-4-14/h3-6,13,16H,2,7-12,18H2,1H3. The summed E-state index contributed by atoms with van der Waals surface area (Å²) in [6.07, 6.45) is 4.74. The third-order valence-corrected chi connectivity index (χ3v) is 4.19. The fourth-order valence-electron chi connectivity index (χ4n) is 2.82. The highest BCUT2D eigenvalue weighted by Crippen LogP contribution is 2.23. The molecule has 1 aliphatic heterocycles. The van der Waals surface area contributed by atoms with Gasteiger partial charge < -0.3 is 5.73 Å². The molecule has 0 bridgehead atoms. The number of benzene rings is 1. The van der Waals surface area contributed by atoms with E-state index in [2.05, 4.69) is 11.8 Å². The van der Waals surface area contributed by atoms with Crippen molar-refractivity contribution in [1.82, 2.24) is 4.90 Å². The quantitative estimate of drug-likeness (QED) is 0.885. The number of piperidine rings is 1. The summed E-state index contributed by atoms with van der Waals surface area (Å²) in [5, 5.41) is 0. The Bertz CT molecular complexity index is 369. The molecule has 3 heteroatoms. The minimum atomic E-state index is -0.156. The Labute approximate surface area is 115 Å². The van der Waals surface area contributed by atoms with Gasteiger partial charge in [-0.25, -0.2) is 4.39 Å². The molecular formula is C16H25FN2. The topological polar surface area (TPSA) is 29.3 Å². The number of hydrogen-bond acceptors (Lipinski definition) is 2. The van der Waals surface area contributed by atoms with Crippen LogP contribution in [0.2, 0.25) is 0 Å². The molecule has 19 heavy (non-hydrogen) atoms. The zero-order chi connectivity index (χ0) is 13.7. The lowest BCUT2D eigenvalue weighted by Gasteiger charge is -2.33. The summed E-state index contributed by atoms with van der Waals surface area (Å²) in [7, 11) is 0. The smallest absolute Gasteiger partial charge is 0.123 e. The van der Waals surface area contributed by atoms with Gasteiger partial charge in [0.25, 0.3) is 0 Å². The molecule has 0 radical (unpaired) electrons. The summed E-state index contributed by atoms with van der Waals surface area (Å²) in [4.78, 5) is 2.46. The van der Waals surface area contributed by atoms with Gasteiger partial charge in [-0.3, -0.25) is 4.90 Å². The van der Waals surface area contributed by atoms with Crippen molar-refractivity contribution in [2.45, 2.75) is 45.2 Å². The van der Waals surface area contributed by atoms with Crippen LogP contribution in [0, 0.1) is 11.7 Å². The average molecular weight is 264 g/mol. The van der Waals surface area contributed by atoms with E-state index in [0.717, 1.165) is 32.0 Å². The number of nitrogens with zero attached hydrogens (tertiary/aromatic N) is 1. The van der Waals surface area contributed by atoms with E-state index in [1.807, 2.05) is 12.1 Å². The largest absolute Gasteiger partial charge is 0.328 e. The summed E-state index contributed by atoms with van der Waals surface area (Å²) < 4.78 is 12.8. The Morgan fingerprint density at radius 1 is 1.26 bits per heavy atom. The van der Waals surface area contributed by atoms with Gasteiger partial charge in [0.2, 0.25) is 0 Å². The maximum Gasteiger partial charge on any atom is 0.123 e. The Kier molecular flexibility index (Phi) is 5.34. The van der Waals surface area contributed by atoms with Gasteiger partial charge in [0.1, 0.15) is 5.82 Å². The molecule has 1 fully saturated rings. The molecule has 0 amide bonds. The highest BCUT2D eigenvalue weighted by molar-refractivity contribution is 5.15. The van der Waals surface area contributed by atoms with Gasteiger partial charge >= 0.3 is 0 Å². The summed E-state index contributed by atoms with van der Waals surface area (Å²) in [6.45, 7) is 5.37. The monoisotopic (exact) mass is 264 g/mol. The second kappa shape index (κ2) is 7.01. The van der Waals surface area contributed by atoms with Crippen molar-refractivity contribution < 1.29 is 4.39 Å². The van der Waals surface area contributed by atoms with Gasteiger partial charge in [0, 0.05) is 12.6 Å². The third-order valence-electron chi connectivity index (χ3n) is 4.19. The van der Waals surface area contributed by atoms with Crippen LogP contribution in [-0.4, -0.2) is 24.0 Å². The van der Waals surface area contributed by atoms with Crippen LogP contribution in [-0.2, 0) is 6.54 Å². The van der Waals surface area contributed by atoms with Crippen molar-refractivity contribution in [3.05, 3.63) is 35.6 Å². The maximum absolute atomic E-state index is 12.8. The normalized spacial score (nSPS) is 19.5. The molecule has 2 N–H and O–H groups in total. The van der Waals surface area contributed by atoms with Crippen molar-refractivity contribution in [3.8, 4) is 0 Å². The van der Waals surface area contributed by atoms with E-state index in [1.54, 1.807) is 12.1 Å². The molecule has 1 saturated heterocycles. The fraction of sp³-hybridized carbons (Fsp3) is 0.625. The maximum atomic E-state index is 12.8. The molecule has 2 rings (SSSR count). The van der Waals surface area contributed by atoms with Gasteiger partial charge in [-0.1, -0.05) is 19.1 Å². The van der Waals surface area contributed by atoms with Crippen molar-refractivity contribution in [2.24, 2.45) is 11.7 Å². The molecule has 1 atom stereocenters. The molecule has 1 aliphatic rings. The summed E-state index contributed by atoms with van der Waals surface area (Å²) >= 11 is 0. The Morgan fingerprint density at radius 3 is 2.47 bits per heavy atom. The van der Waals surface area contributed by atoms with E-state index in [1.165, 1.54) is 24.8 Å². The molecule has 0 saturated carbocycles. The summed E-state index contributed by atoms with van der Waals surface area (Å²) in [5.74, 6) is 0.635. The summed E-state index contributed by atoms with van der Waals surface area (Å²) in [6, 6.07) is 7.22. The average Bonchev–Trinajstić information content (AvgIpc) is 2.43. The minimum Gasteiger partial charge on any atom is -0.328 e. The first-order chi connectivity index (χ1) is 9.17. The minimum absolute atomic E-state index is 0.156. The predicted molar refractivity (Wildman–Crippen MR) is 77.3 cm³/mol. The molecule has 1 unspecified atom stereocenters. The van der Waals surface area contributed by atoms with Crippen LogP contribution in [0.5, 0.6) is 0 Å². The van der Waals surface area contributed by atoms with E-state index >= 15 is 0 Å². The van der Waals surface area contributed by atoms with E-state index in [0.29, 0.717) is 6.04 Å². The van der Waals surface area contributed by atoms with E-state index < -0.39 is 0 Å². The predicted octanol–water partition coefficient (Wildman–Crippen LogP) is 3.17. The van der Waals surface area contributed by atoms with E-state index in [-0.39, 0.29) is 5.82 Å². The Balaban J connectivity index is 1.75. The van der Waals surface area contributed by atoms with Crippen LogP contribution in [0.1, 0.15) is 38.2 Å². The molecule has 0 aromatic heterocycles. The van der Waals surface area contributed by atoms with Crippen molar-refractivity contribution in [2.75, 3.05) is 13.1 Å². The van der Waals surface area contributed by atoms with Gasteiger partial charge in [-0.15, -0.1) is 0 Å². The lowest BCUT2D eigenvalue weighted by molar-refractivity contribution is 0.167. The van der Waals surface area contributed by atoms with Crippen LogP contribution in [0.4, 0.5) is 4.39 Å². The van der Waals surface area contributed by atoms with Crippen LogP contribution < -0.4 is 5.73 Å². The Hall–Kier alpha value is -0.930. The van der Waals surface area contributed by atoms with Gasteiger partial charge in [0.05, 0.1) is 0 Å². The molecule has 106 valence electrons. The zero-order valence-corrected chi connectivity index (χ0v) is 11.8. The van der Waals surface area contributed by atoms with Gasteiger partial charge in [-0.2, -0.15) is 0 Å². The molecule has 2 nitrogen and oxygen atoms in total. The molecule has 1 aromatic rings. The van der Waals surface area contributed by atoms with E-state index in [4.69, 9.17) is 5.73 Å². The van der Waals surface area contributed by atoms with Crippen LogP contribution in [0.25, 0.3) is 0 Å². The molecule has 0 spiro atoms. The van der Waals surface area contributed by atoms with Crippen molar-refractivity contribution in [1.29, 1.82) is 0 Å². The third kappa shape index (κ3) is 4.59. The molecule has 0 aliphatic carbocycles. The number of halogens is 1. The Morgan fingerprint density at radius 2 is 1.89 bits per heavy atom. The fourth-order valence-corrected chi connectivity index (χ4v) is 2.82. The first-order valence-corrected chi connectivity index (χ1v) is 7.39. The first kappa shape index (κ1) is 14.5. The van der Waals surface area contributed by atoms with Gasteiger partial charge in [0.15, 0.2) is 0 Å². The number of hydrogen-bond donors (Lipinski definition) is 1. The van der Waals surface area contributed by atoms with Gasteiger partial charge in [-0.05, 0) is 62.4 Å².